The van der Waals surface area contributed by atoms with Gasteiger partial charge in [-0.1, -0.05) is 6.92 Å². The molecule has 1 aromatic rings. The molecule has 114 valence electrons. The molecule has 2 rings (SSSR count). The average molecular weight is 335 g/mol. The Kier molecular flexibility index (Phi) is 5.18. The lowest BCUT2D eigenvalue weighted by atomic mass is 10.2. The predicted octanol–water partition coefficient (Wildman–Crippen LogP) is 2.37. The number of rotatable bonds is 5. The number of sulfonamides is 1. The molecule has 1 fully saturated rings. The van der Waals surface area contributed by atoms with Crippen molar-refractivity contribution in [1.29, 1.82) is 0 Å². The zero-order valence-corrected chi connectivity index (χ0v) is 14.6. The van der Waals surface area contributed by atoms with Gasteiger partial charge in [-0.05, 0) is 26.5 Å². The molecule has 0 unspecified atom stereocenters. The van der Waals surface area contributed by atoms with Crippen LogP contribution >= 0.6 is 23.1 Å². The van der Waals surface area contributed by atoms with Crippen molar-refractivity contribution in [3.05, 3.63) is 16.3 Å². The molecule has 0 saturated carbocycles. The van der Waals surface area contributed by atoms with Gasteiger partial charge in [0, 0.05) is 40.4 Å². The smallest absolute Gasteiger partial charge is 0.243 e. The van der Waals surface area contributed by atoms with Crippen LogP contribution in [0.15, 0.2) is 16.3 Å². The molecule has 1 aliphatic rings. The fraction of sp³-hybridized carbons (Fsp3) is 0.692. The van der Waals surface area contributed by atoms with Crippen molar-refractivity contribution in [2.24, 2.45) is 0 Å². The molecule has 0 atom stereocenters. The summed E-state index contributed by atoms with van der Waals surface area (Å²) in [5.74, 6) is 0.862. The summed E-state index contributed by atoms with van der Waals surface area (Å²) in [6, 6.07) is 1.80. The van der Waals surface area contributed by atoms with Crippen molar-refractivity contribution in [1.82, 2.24) is 9.62 Å². The summed E-state index contributed by atoms with van der Waals surface area (Å²) in [4.78, 5) is 1.51. The number of nitrogens with one attached hydrogen (secondary N) is 1. The minimum atomic E-state index is -3.33. The highest BCUT2D eigenvalue weighted by atomic mass is 32.2. The third-order valence-corrected chi connectivity index (χ3v) is 7.41. The summed E-state index contributed by atoms with van der Waals surface area (Å²) in [5, 5.41) is 4.98. The first-order valence-corrected chi connectivity index (χ1v) is 10.1. The standard InChI is InChI=1S/C13H22N2O2S3/c1-4-14-8-11-7-12(9-18-11)20(16,17)15-5-6-19-13(2,3)10-15/h7,9,14H,4-6,8,10H2,1-3H3. The first kappa shape index (κ1) is 16.3. The van der Waals surface area contributed by atoms with Crippen LogP contribution in [0.25, 0.3) is 0 Å². The van der Waals surface area contributed by atoms with Crippen LogP contribution in [-0.2, 0) is 16.6 Å². The van der Waals surface area contributed by atoms with Gasteiger partial charge in [-0.15, -0.1) is 11.3 Å². The van der Waals surface area contributed by atoms with Gasteiger partial charge in [-0.2, -0.15) is 16.1 Å². The Labute approximate surface area is 130 Å². The Balaban J connectivity index is 2.15. The van der Waals surface area contributed by atoms with Crippen molar-refractivity contribution in [3.63, 3.8) is 0 Å². The van der Waals surface area contributed by atoms with Crippen molar-refractivity contribution in [2.45, 2.75) is 37.0 Å². The summed E-state index contributed by atoms with van der Waals surface area (Å²) >= 11 is 3.34. The molecule has 7 heteroatoms. The van der Waals surface area contributed by atoms with Gasteiger partial charge in [0.2, 0.25) is 10.0 Å². The fourth-order valence-electron chi connectivity index (χ4n) is 2.16. The molecule has 0 spiro atoms. The van der Waals surface area contributed by atoms with Crippen LogP contribution in [0.5, 0.6) is 0 Å². The second-order valence-corrected chi connectivity index (χ2v) is 10.2. The second kappa shape index (κ2) is 6.36. The monoisotopic (exact) mass is 334 g/mol. The molecule has 20 heavy (non-hydrogen) atoms. The highest BCUT2D eigenvalue weighted by molar-refractivity contribution is 8.00. The Bertz CT molecular complexity index is 552. The van der Waals surface area contributed by atoms with E-state index >= 15 is 0 Å². The van der Waals surface area contributed by atoms with E-state index in [4.69, 9.17) is 0 Å². The second-order valence-electron chi connectivity index (χ2n) is 5.48. The molecule has 1 saturated heterocycles. The van der Waals surface area contributed by atoms with E-state index in [1.54, 1.807) is 15.8 Å². The quantitative estimate of drug-likeness (QED) is 0.898. The third kappa shape index (κ3) is 3.76. The third-order valence-electron chi connectivity index (χ3n) is 3.21. The minimum Gasteiger partial charge on any atom is -0.312 e. The van der Waals surface area contributed by atoms with Gasteiger partial charge in [-0.3, -0.25) is 0 Å². The van der Waals surface area contributed by atoms with Crippen LogP contribution in [0.2, 0.25) is 0 Å². The first-order valence-electron chi connectivity index (χ1n) is 6.77. The fourth-order valence-corrected chi connectivity index (χ4v) is 6.31. The predicted molar refractivity (Wildman–Crippen MR) is 87.0 cm³/mol. The van der Waals surface area contributed by atoms with Crippen molar-refractivity contribution >= 4 is 33.1 Å². The van der Waals surface area contributed by atoms with Crippen LogP contribution in [0.1, 0.15) is 25.6 Å². The van der Waals surface area contributed by atoms with Gasteiger partial charge >= 0.3 is 0 Å². The summed E-state index contributed by atoms with van der Waals surface area (Å²) < 4.78 is 27.0. The van der Waals surface area contributed by atoms with Gasteiger partial charge in [0.15, 0.2) is 0 Å². The van der Waals surface area contributed by atoms with Crippen LogP contribution in [-0.4, -0.2) is 42.9 Å². The molecule has 4 nitrogen and oxygen atoms in total. The van der Waals surface area contributed by atoms with Crippen LogP contribution in [0.3, 0.4) is 0 Å². The maximum atomic E-state index is 12.7. The number of nitrogens with zero attached hydrogens (tertiary/aromatic N) is 1. The maximum Gasteiger partial charge on any atom is 0.243 e. The Morgan fingerprint density at radius 3 is 2.85 bits per heavy atom. The molecule has 0 amide bonds. The Hall–Kier alpha value is -0.0800. The normalized spacial score (nSPS) is 20.1. The van der Waals surface area contributed by atoms with E-state index < -0.39 is 10.0 Å². The highest BCUT2D eigenvalue weighted by Gasteiger charge is 2.34. The number of hydrogen-bond acceptors (Lipinski definition) is 5. The van der Waals surface area contributed by atoms with E-state index in [1.807, 2.05) is 18.7 Å². The molecule has 0 aliphatic carbocycles. The van der Waals surface area contributed by atoms with Crippen molar-refractivity contribution in [3.8, 4) is 0 Å². The van der Waals surface area contributed by atoms with Gasteiger partial charge < -0.3 is 5.32 Å². The van der Waals surface area contributed by atoms with E-state index in [2.05, 4.69) is 19.2 Å². The zero-order chi connectivity index (χ0) is 14.8. The van der Waals surface area contributed by atoms with Crippen LogP contribution < -0.4 is 5.32 Å². The lowest BCUT2D eigenvalue weighted by Crippen LogP contribution is -2.45. The van der Waals surface area contributed by atoms with Gasteiger partial charge in [-0.25, -0.2) is 8.42 Å². The number of hydrogen-bond donors (Lipinski definition) is 1. The van der Waals surface area contributed by atoms with Crippen LogP contribution in [0, 0.1) is 0 Å². The van der Waals surface area contributed by atoms with E-state index in [1.165, 1.54) is 11.3 Å². The first-order chi connectivity index (χ1) is 9.35. The molecule has 0 radical (unpaired) electrons. The highest BCUT2D eigenvalue weighted by Crippen LogP contribution is 2.33. The summed E-state index contributed by atoms with van der Waals surface area (Å²) in [7, 11) is -3.33. The van der Waals surface area contributed by atoms with E-state index in [-0.39, 0.29) is 4.75 Å². The lowest BCUT2D eigenvalue weighted by Gasteiger charge is -2.36. The zero-order valence-electron chi connectivity index (χ0n) is 12.2. The summed E-state index contributed by atoms with van der Waals surface area (Å²) in [5.41, 5.74) is 0. The SMILES string of the molecule is CCNCc1cc(S(=O)(=O)N2CCSC(C)(C)C2)cs1. The summed E-state index contributed by atoms with van der Waals surface area (Å²) in [6.07, 6.45) is 0. The molecule has 0 aromatic carbocycles. The minimum absolute atomic E-state index is 0.00601. The lowest BCUT2D eigenvalue weighted by molar-refractivity contribution is 0.387. The molecule has 1 N–H and O–H groups in total. The molecule has 2 heterocycles. The molecule has 0 bridgehead atoms. The van der Waals surface area contributed by atoms with Gasteiger partial charge in [0.1, 0.15) is 0 Å². The maximum absolute atomic E-state index is 12.7. The Morgan fingerprint density at radius 2 is 2.20 bits per heavy atom. The van der Waals surface area contributed by atoms with Crippen LogP contribution in [0.4, 0.5) is 0 Å². The van der Waals surface area contributed by atoms with E-state index in [0.29, 0.717) is 18.0 Å². The molecule has 1 aliphatic heterocycles. The molecular weight excluding hydrogens is 312 g/mol. The largest absolute Gasteiger partial charge is 0.312 e. The topological polar surface area (TPSA) is 49.4 Å². The van der Waals surface area contributed by atoms with E-state index in [9.17, 15) is 8.42 Å². The number of thiophene rings is 1. The average Bonchev–Trinajstić information content (AvgIpc) is 2.84. The van der Waals surface area contributed by atoms with Crippen molar-refractivity contribution in [2.75, 3.05) is 25.4 Å². The Morgan fingerprint density at radius 1 is 1.45 bits per heavy atom. The van der Waals surface area contributed by atoms with Crippen molar-refractivity contribution < 1.29 is 8.42 Å². The van der Waals surface area contributed by atoms with Gasteiger partial charge in [0.05, 0.1) is 4.90 Å². The number of thioether (sulfide) groups is 1. The van der Waals surface area contributed by atoms with Gasteiger partial charge in [0.25, 0.3) is 0 Å². The van der Waals surface area contributed by atoms with E-state index in [0.717, 1.165) is 23.7 Å². The summed E-state index contributed by atoms with van der Waals surface area (Å²) in [6.45, 7) is 9.05. The molecular formula is C13H22N2O2S3. The molecule has 1 aromatic heterocycles.